The number of hydrogen-bond donors (Lipinski definition) is 1. The second-order valence-electron chi connectivity index (χ2n) is 3.79. The van der Waals surface area contributed by atoms with Gasteiger partial charge in [-0.25, -0.2) is 14.2 Å². The Morgan fingerprint density at radius 1 is 1.43 bits per heavy atom. The summed E-state index contributed by atoms with van der Waals surface area (Å²) < 4.78 is 19.1. The minimum absolute atomic E-state index is 0.267. The SMILES string of the molecule is O=C(O)c1cnc(Oc2ccc(Br)cc2F)c([N+](=O)[O-])c1. The van der Waals surface area contributed by atoms with Gasteiger partial charge in [0.25, 0.3) is 5.88 Å². The van der Waals surface area contributed by atoms with Crippen LogP contribution in [-0.2, 0) is 0 Å². The van der Waals surface area contributed by atoms with Crippen molar-refractivity contribution in [3.63, 3.8) is 0 Å². The van der Waals surface area contributed by atoms with E-state index in [-0.39, 0.29) is 11.3 Å². The van der Waals surface area contributed by atoms with Crippen LogP contribution in [-0.4, -0.2) is 21.0 Å². The van der Waals surface area contributed by atoms with E-state index in [0.29, 0.717) is 4.47 Å². The van der Waals surface area contributed by atoms with Crippen molar-refractivity contribution in [1.29, 1.82) is 0 Å². The molecule has 1 heterocycles. The van der Waals surface area contributed by atoms with Gasteiger partial charge in [0, 0.05) is 16.7 Å². The number of ether oxygens (including phenoxy) is 1. The molecule has 0 fully saturated rings. The van der Waals surface area contributed by atoms with Gasteiger partial charge in [0.1, 0.15) is 0 Å². The topological polar surface area (TPSA) is 103 Å². The van der Waals surface area contributed by atoms with Crippen LogP contribution in [0.1, 0.15) is 10.4 Å². The Kier molecular flexibility index (Phi) is 4.13. The Labute approximate surface area is 125 Å². The third-order valence-electron chi connectivity index (χ3n) is 2.38. The molecule has 21 heavy (non-hydrogen) atoms. The van der Waals surface area contributed by atoms with Crippen LogP contribution in [0.5, 0.6) is 11.6 Å². The lowest BCUT2D eigenvalue weighted by atomic mass is 10.2. The lowest BCUT2D eigenvalue weighted by Gasteiger charge is -2.07. The van der Waals surface area contributed by atoms with Crippen molar-refractivity contribution in [2.45, 2.75) is 0 Å². The fourth-order valence-electron chi connectivity index (χ4n) is 1.43. The first kappa shape index (κ1) is 14.9. The normalized spacial score (nSPS) is 10.2. The predicted molar refractivity (Wildman–Crippen MR) is 72.0 cm³/mol. The Hall–Kier alpha value is -2.55. The molecule has 2 rings (SSSR count). The van der Waals surface area contributed by atoms with E-state index in [2.05, 4.69) is 20.9 Å². The molecule has 0 radical (unpaired) electrons. The van der Waals surface area contributed by atoms with E-state index in [1.165, 1.54) is 12.1 Å². The highest BCUT2D eigenvalue weighted by molar-refractivity contribution is 9.10. The largest absolute Gasteiger partial charge is 0.478 e. The van der Waals surface area contributed by atoms with Gasteiger partial charge in [0.15, 0.2) is 11.6 Å². The summed E-state index contributed by atoms with van der Waals surface area (Å²) in [6.45, 7) is 0. The number of aromatic nitrogens is 1. The van der Waals surface area contributed by atoms with E-state index in [1.54, 1.807) is 0 Å². The van der Waals surface area contributed by atoms with Crippen LogP contribution < -0.4 is 4.74 Å². The molecule has 0 saturated heterocycles. The fraction of sp³-hybridized carbons (Fsp3) is 0. The van der Waals surface area contributed by atoms with Crippen molar-refractivity contribution < 1.29 is 24.0 Å². The summed E-state index contributed by atoms with van der Waals surface area (Å²) in [6.07, 6.45) is 0.890. The smallest absolute Gasteiger partial charge is 0.337 e. The number of nitrogens with zero attached hydrogens (tertiary/aromatic N) is 2. The zero-order chi connectivity index (χ0) is 15.6. The van der Waals surface area contributed by atoms with E-state index in [4.69, 9.17) is 9.84 Å². The van der Waals surface area contributed by atoms with Crippen LogP contribution in [0.25, 0.3) is 0 Å². The number of carboxylic acid groups (broad SMARTS) is 1. The Morgan fingerprint density at radius 2 is 2.14 bits per heavy atom. The maximum Gasteiger partial charge on any atom is 0.337 e. The number of hydrogen-bond acceptors (Lipinski definition) is 5. The monoisotopic (exact) mass is 356 g/mol. The third-order valence-corrected chi connectivity index (χ3v) is 2.87. The summed E-state index contributed by atoms with van der Waals surface area (Å²) in [6, 6.07) is 4.65. The van der Waals surface area contributed by atoms with Gasteiger partial charge in [-0.3, -0.25) is 10.1 Å². The molecule has 1 aromatic carbocycles. The number of carboxylic acids is 1. The van der Waals surface area contributed by atoms with Gasteiger partial charge in [-0.2, -0.15) is 0 Å². The molecule has 0 aliphatic carbocycles. The lowest BCUT2D eigenvalue weighted by molar-refractivity contribution is -0.386. The van der Waals surface area contributed by atoms with Crippen LogP contribution in [0.4, 0.5) is 10.1 Å². The first-order valence-electron chi connectivity index (χ1n) is 5.39. The molecule has 0 saturated carbocycles. The van der Waals surface area contributed by atoms with E-state index in [9.17, 15) is 19.3 Å². The summed E-state index contributed by atoms with van der Waals surface area (Å²) in [5.74, 6) is -2.88. The average molecular weight is 357 g/mol. The number of nitro groups is 1. The first-order valence-corrected chi connectivity index (χ1v) is 6.18. The molecule has 0 aliphatic rings. The molecule has 1 N–H and O–H groups in total. The van der Waals surface area contributed by atoms with Crippen LogP contribution in [0.3, 0.4) is 0 Å². The molecule has 1 aromatic heterocycles. The van der Waals surface area contributed by atoms with Crippen molar-refractivity contribution in [2.24, 2.45) is 0 Å². The number of halogens is 2. The second-order valence-corrected chi connectivity index (χ2v) is 4.70. The van der Waals surface area contributed by atoms with Crippen LogP contribution in [0, 0.1) is 15.9 Å². The number of benzene rings is 1. The van der Waals surface area contributed by atoms with Gasteiger partial charge in [0.2, 0.25) is 0 Å². The minimum atomic E-state index is -1.37. The van der Waals surface area contributed by atoms with Crippen LogP contribution in [0.15, 0.2) is 34.9 Å². The fourth-order valence-corrected chi connectivity index (χ4v) is 1.76. The van der Waals surface area contributed by atoms with Crippen molar-refractivity contribution in [1.82, 2.24) is 4.98 Å². The molecule has 0 aliphatic heterocycles. The third kappa shape index (κ3) is 3.31. The molecule has 9 heteroatoms. The molecule has 2 aromatic rings. The molecule has 0 spiro atoms. The highest BCUT2D eigenvalue weighted by Gasteiger charge is 2.21. The summed E-state index contributed by atoms with van der Waals surface area (Å²) in [5, 5.41) is 19.7. The highest BCUT2D eigenvalue weighted by atomic mass is 79.9. The van der Waals surface area contributed by atoms with E-state index in [1.807, 2.05) is 0 Å². The van der Waals surface area contributed by atoms with E-state index >= 15 is 0 Å². The second kappa shape index (κ2) is 5.83. The summed E-state index contributed by atoms with van der Waals surface area (Å²) in [4.78, 5) is 24.4. The molecule has 7 nitrogen and oxygen atoms in total. The van der Waals surface area contributed by atoms with Crippen molar-refractivity contribution in [3.05, 3.63) is 56.4 Å². The number of rotatable bonds is 4. The Balaban J connectivity index is 2.44. The van der Waals surface area contributed by atoms with Gasteiger partial charge in [-0.05, 0) is 18.2 Å². The maximum atomic E-state index is 13.6. The van der Waals surface area contributed by atoms with Gasteiger partial charge in [-0.15, -0.1) is 0 Å². The quantitative estimate of drug-likeness (QED) is 0.665. The molecular formula is C12H6BrFN2O5. The van der Waals surface area contributed by atoms with E-state index in [0.717, 1.165) is 18.3 Å². The van der Waals surface area contributed by atoms with Gasteiger partial charge >= 0.3 is 11.7 Å². The molecule has 0 unspecified atom stereocenters. The van der Waals surface area contributed by atoms with Gasteiger partial charge < -0.3 is 9.84 Å². The molecule has 0 bridgehead atoms. The van der Waals surface area contributed by atoms with Crippen LogP contribution >= 0.6 is 15.9 Å². The lowest BCUT2D eigenvalue weighted by Crippen LogP contribution is -2.02. The Morgan fingerprint density at radius 3 is 2.71 bits per heavy atom. The number of pyridine rings is 1. The zero-order valence-corrected chi connectivity index (χ0v) is 11.7. The average Bonchev–Trinajstić information content (AvgIpc) is 2.41. The zero-order valence-electron chi connectivity index (χ0n) is 10.1. The van der Waals surface area contributed by atoms with Crippen molar-refractivity contribution in [2.75, 3.05) is 0 Å². The van der Waals surface area contributed by atoms with Crippen molar-refractivity contribution in [3.8, 4) is 11.6 Å². The molecular weight excluding hydrogens is 351 g/mol. The predicted octanol–water partition coefficient (Wildman–Crippen LogP) is 3.38. The summed E-state index contributed by atoms with van der Waals surface area (Å²) in [7, 11) is 0. The van der Waals surface area contributed by atoms with Gasteiger partial charge in [0.05, 0.1) is 10.5 Å². The molecule has 108 valence electrons. The number of aromatic carboxylic acids is 1. The van der Waals surface area contributed by atoms with Crippen LogP contribution in [0.2, 0.25) is 0 Å². The maximum absolute atomic E-state index is 13.6. The number of carbonyl (C=O) groups is 1. The molecule has 0 amide bonds. The first-order chi connectivity index (χ1) is 9.88. The minimum Gasteiger partial charge on any atom is -0.478 e. The summed E-state index contributed by atoms with van der Waals surface area (Å²) >= 11 is 3.06. The van der Waals surface area contributed by atoms with Crippen molar-refractivity contribution >= 4 is 27.6 Å². The standard InChI is InChI=1S/C12H6BrFN2O5/c13-7-1-2-10(8(14)4-7)21-11-9(16(19)20)3-6(5-15-11)12(17)18/h1-5H,(H,17,18). The summed E-state index contributed by atoms with van der Waals surface area (Å²) in [5.41, 5.74) is -1.04. The highest BCUT2D eigenvalue weighted by Crippen LogP contribution is 2.32. The molecule has 0 atom stereocenters. The Bertz CT molecular complexity index is 738. The van der Waals surface area contributed by atoms with Gasteiger partial charge in [-0.1, -0.05) is 15.9 Å². The van der Waals surface area contributed by atoms with E-state index < -0.39 is 28.3 Å².